The van der Waals surface area contributed by atoms with Crippen molar-refractivity contribution in [2.45, 2.75) is 31.8 Å². The van der Waals surface area contributed by atoms with Crippen LogP contribution in [-0.2, 0) is 6.54 Å². The van der Waals surface area contributed by atoms with Gasteiger partial charge in [-0.05, 0) is 43.0 Å². The van der Waals surface area contributed by atoms with E-state index in [-0.39, 0.29) is 0 Å². The standard InChI is InChI=1S/C14H19N3/c15-8-11-3-1-4-12(7-11)10-17-14-6-2-5-13(14)9-16/h1,3-4,7,13-14,17H,2,5-6,9-10,16H2. The molecular formula is C14H19N3. The second kappa shape index (κ2) is 5.81. The Balaban J connectivity index is 1.91. The third-order valence-electron chi connectivity index (χ3n) is 3.59. The van der Waals surface area contributed by atoms with Gasteiger partial charge in [0.25, 0.3) is 0 Å². The third-order valence-corrected chi connectivity index (χ3v) is 3.59. The van der Waals surface area contributed by atoms with Gasteiger partial charge in [0.15, 0.2) is 0 Å². The molecule has 0 bridgehead atoms. The van der Waals surface area contributed by atoms with Crippen LogP contribution in [0.4, 0.5) is 0 Å². The Morgan fingerprint density at radius 3 is 3.06 bits per heavy atom. The van der Waals surface area contributed by atoms with Crippen LogP contribution in [0.25, 0.3) is 0 Å². The zero-order valence-corrected chi connectivity index (χ0v) is 10.0. The van der Waals surface area contributed by atoms with Gasteiger partial charge in [-0.25, -0.2) is 0 Å². The summed E-state index contributed by atoms with van der Waals surface area (Å²) in [5.74, 6) is 0.620. The monoisotopic (exact) mass is 229 g/mol. The molecule has 3 N–H and O–H groups in total. The summed E-state index contributed by atoms with van der Waals surface area (Å²) in [6.07, 6.45) is 3.74. The van der Waals surface area contributed by atoms with E-state index >= 15 is 0 Å². The molecule has 0 spiro atoms. The van der Waals surface area contributed by atoms with E-state index in [4.69, 9.17) is 11.0 Å². The Hall–Kier alpha value is -1.37. The number of nitrogens with zero attached hydrogens (tertiary/aromatic N) is 1. The van der Waals surface area contributed by atoms with Crippen LogP contribution in [-0.4, -0.2) is 12.6 Å². The number of nitrogens with two attached hydrogens (primary N) is 1. The molecular weight excluding hydrogens is 210 g/mol. The molecule has 1 aromatic rings. The fourth-order valence-corrected chi connectivity index (χ4v) is 2.59. The van der Waals surface area contributed by atoms with Crippen molar-refractivity contribution in [2.75, 3.05) is 6.54 Å². The van der Waals surface area contributed by atoms with Gasteiger partial charge in [0.05, 0.1) is 11.6 Å². The predicted octanol–water partition coefficient (Wildman–Crippen LogP) is 1.78. The maximum Gasteiger partial charge on any atom is 0.0991 e. The lowest BCUT2D eigenvalue weighted by Gasteiger charge is -2.19. The first-order chi connectivity index (χ1) is 8.33. The van der Waals surface area contributed by atoms with Crippen LogP contribution < -0.4 is 11.1 Å². The van der Waals surface area contributed by atoms with E-state index in [1.165, 1.54) is 24.8 Å². The summed E-state index contributed by atoms with van der Waals surface area (Å²) in [7, 11) is 0. The third kappa shape index (κ3) is 3.06. The van der Waals surface area contributed by atoms with Gasteiger partial charge < -0.3 is 11.1 Å². The molecule has 0 aliphatic heterocycles. The lowest BCUT2D eigenvalue weighted by Crippen LogP contribution is -2.35. The van der Waals surface area contributed by atoms with Crippen LogP contribution in [0.1, 0.15) is 30.4 Å². The van der Waals surface area contributed by atoms with E-state index in [2.05, 4.69) is 17.5 Å². The van der Waals surface area contributed by atoms with Crippen molar-refractivity contribution in [3.05, 3.63) is 35.4 Å². The fourth-order valence-electron chi connectivity index (χ4n) is 2.59. The molecule has 3 heteroatoms. The van der Waals surface area contributed by atoms with Crippen LogP contribution in [0.3, 0.4) is 0 Å². The van der Waals surface area contributed by atoms with Gasteiger partial charge in [-0.2, -0.15) is 5.26 Å². The second-order valence-electron chi connectivity index (χ2n) is 4.73. The Morgan fingerprint density at radius 1 is 1.41 bits per heavy atom. The van der Waals surface area contributed by atoms with E-state index < -0.39 is 0 Å². The molecule has 1 aliphatic carbocycles. The Labute approximate surface area is 103 Å². The van der Waals surface area contributed by atoms with E-state index in [0.29, 0.717) is 12.0 Å². The van der Waals surface area contributed by atoms with Gasteiger partial charge in [-0.3, -0.25) is 0 Å². The molecule has 1 fully saturated rings. The van der Waals surface area contributed by atoms with Crippen LogP contribution in [0, 0.1) is 17.2 Å². The summed E-state index contributed by atoms with van der Waals surface area (Å²) in [5, 5.41) is 12.4. The number of nitriles is 1. The van der Waals surface area contributed by atoms with Crippen LogP contribution in [0.2, 0.25) is 0 Å². The average molecular weight is 229 g/mol. The molecule has 1 aliphatic rings. The molecule has 1 saturated carbocycles. The molecule has 0 heterocycles. The zero-order chi connectivity index (χ0) is 12.1. The highest BCUT2D eigenvalue weighted by atomic mass is 14.9. The molecule has 2 atom stereocenters. The number of rotatable bonds is 4. The first-order valence-electron chi connectivity index (χ1n) is 6.26. The molecule has 17 heavy (non-hydrogen) atoms. The highest BCUT2D eigenvalue weighted by molar-refractivity contribution is 5.32. The molecule has 2 rings (SSSR count). The average Bonchev–Trinajstić information content (AvgIpc) is 2.84. The number of hydrogen-bond donors (Lipinski definition) is 2. The normalized spacial score (nSPS) is 23.5. The topological polar surface area (TPSA) is 61.8 Å². The highest BCUT2D eigenvalue weighted by Crippen LogP contribution is 2.24. The fraction of sp³-hybridized carbons (Fsp3) is 0.500. The molecule has 90 valence electrons. The lowest BCUT2D eigenvalue weighted by atomic mass is 10.0. The van der Waals surface area contributed by atoms with Crippen LogP contribution >= 0.6 is 0 Å². The molecule has 0 saturated heterocycles. The Morgan fingerprint density at radius 2 is 2.29 bits per heavy atom. The summed E-state index contributed by atoms with van der Waals surface area (Å²) < 4.78 is 0. The minimum absolute atomic E-state index is 0.547. The van der Waals surface area contributed by atoms with Crippen molar-refractivity contribution in [2.24, 2.45) is 11.7 Å². The number of nitrogens with one attached hydrogen (secondary N) is 1. The number of hydrogen-bond acceptors (Lipinski definition) is 3. The predicted molar refractivity (Wildman–Crippen MR) is 68.2 cm³/mol. The summed E-state index contributed by atoms with van der Waals surface area (Å²) >= 11 is 0. The highest BCUT2D eigenvalue weighted by Gasteiger charge is 2.25. The maximum absolute atomic E-state index is 8.83. The van der Waals surface area contributed by atoms with Gasteiger partial charge in [0, 0.05) is 12.6 Å². The largest absolute Gasteiger partial charge is 0.330 e. The van der Waals surface area contributed by atoms with Crippen LogP contribution in [0.15, 0.2) is 24.3 Å². The van der Waals surface area contributed by atoms with E-state index in [1.807, 2.05) is 18.2 Å². The van der Waals surface area contributed by atoms with E-state index in [9.17, 15) is 0 Å². The molecule has 1 aromatic carbocycles. The first kappa shape index (κ1) is 12.1. The molecule has 0 amide bonds. The first-order valence-corrected chi connectivity index (χ1v) is 6.26. The summed E-state index contributed by atoms with van der Waals surface area (Å²) in [5.41, 5.74) is 7.66. The second-order valence-corrected chi connectivity index (χ2v) is 4.73. The Kier molecular flexibility index (Phi) is 4.13. The van der Waals surface area contributed by atoms with Gasteiger partial charge in [0.1, 0.15) is 0 Å². The van der Waals surface area contributed by atoms with Crippen LogP contribution in [0.5, 0.6) is 0 Å². The molecule has 2 unspecified atom stereocenters. The van der Waals surface area contributed by atoms with Gasteiger partial charge in [0.2, 0.25) is 0 Å². The van der Waals surface area contributed by atoms with Gasteiger partial charge in [-0.1, -0.05) is 18.6 Å². The van der Waals surface area contributed by atoms with E-state index in [1.54, 1.807) is 0 Å². The van der Waals surface area contributed by atoms with Crippen molar-refractivity contribution in [1.82, 2.24) is 5.32 Å². The SMILES string of the molecule is N#Cc1cccc(CNC2CCCC2CN)c1. The summed E-state index contributed by atoms with van der Waals surface area (Å²) in [6, 6.07) is 10.5. The smallest absolute Gasteiger partial charge is 0.0991 e. The van der Waals surface area contributed by atoms with Crippen molar-refractivity contribution in [1.29, 1.82) is 5.26 Å². The van der Waals surface area contributed by atoms with E-state index in [0.717, 1.165) is 18.7 Å². The summed E-state index contributed by atoms with van der Waals surface area (Å²) in [6.45, 7) is 1.60. The minimum Gasteiger partial charge on any atom is -0.330 e. The minimum atomic E-state index is 0.547. The van der Waals surface area contributed by atoms with Gasteiger partial charge in [-0.15, -0.1) is 0 Å². The Bertz CT molecular complexity index is 408. The quantitative estimate of drug-likeness (QED) is 0.827. The van der Waals surface area contributed by atoms with Crippen molar-refractivity contribution in [3.63, 3.8) is 0 Å². The van der Waals surface area contributed by atoms with Gasteiger partial charge >= 0.3 is 0 Å². The molecule has 3 nitrogen and oxygen atoms in total. The van der Waals surface area contributed by atoms with Crippen molar-refractivity contribution >= 4 is 0 Å². The molecule has 0 aromatic heterocycles. The molecule has 0 radical (unpaired) electrons. The zero-order valence-electron chi connectivity index (χ0n) is 10.0. The van der Waals surface area contributed by atoms with Crippen molar-refractivity contribution < 1.29 is 0 Å². The lowest BCUT2D eigenvalue weighted by molar-refractivity contribution is 0.406. The summed E-state index contributed by atoms with van der Waals surface area (Å²) in [4.78, 5) is 0. The number of benzene rings is 1. The van der Waals surface area contributed by atoms with Crippen molar-refractivity contribution in [3.8, 4) is 6.07 Å². The maximum atomic E-state index is 8.83.